The van der Waals surface area contributed by atoms with Crippen LogP contribution in [0.2, 0.25) is 0 Å². The molecule has 3 nitrogen and oxygen atoms in total. The Labute approximate surface area is 85.0 Å². The van der Waals surface area contributed by atoms with Gasteiger partial charge in [0.15, 0.2) is 0 Å². The van der Waals surface area contributed by atoms with Crippen LogP contribution in [0.3, 0.4) is 0 Å². The molecule has 0 spiro atoms. The second kappa shape index (κ2) is 8.38. The first kappa shape index (κ1) is 12.8. The van der Waals surface area contributed by atoms with E-state index >= 15 is 0 Å². The van der Waals surface area contributed by atoms with Gasteiger partial charge in [-0.2, -0.15) is 0 Å². The minimum absolute atomic E-state index is 0.169. The van der Waals surface area contributed by atoms with Crippen molar-refractivity contribution in [2.24, 2.45) is 0 Å². The van der Waals surface area contributed by atoms with Gasteiger partial charge in [-0.25, -0.2) is 0 Å². The van der Waals surface area contributed by atoms with Gasteiger partial charge in [0.2, 0.25) is 0 Å². The van der Waals surface area contributed by atoms with Crippen LogP contribution >= 0.6 is 0 Å². The van der Waals surface area contributed by atoms with Gasteiger partial charge in [-0.1, -0.05) is 6.92 Å². The summed E-state index contributed by atoms with van der Waals surface area (Å²) in [7, 11) is 0. The predicted octanol–water partition coefficient (Wildman–Crippen LogP) is 2.53. The summed E-state index contributed by atoms with van der Waals surface area (Å²) in [5.74, 6) is 0.339. The third kappa shape index (κ3) is 7.43. The predicted molar refractivity (Wildman–Crippen MR) is 56.6 cm³/mol. The van der Waals surface area contributed by atoms with Crippen molar-refractivity contribution in [3.63, 3.8) is 0 Å². The highest BCUT2D eigenvalue weighted by atomic mass is 16.5. The van der Waals surface area contributed by atoms with E-state index in [0.29, 0.717) is 0 Å². The van der Waals surface area contributed by atoms with Crippen LogP contribution in [0, 0.1) is 0 Å². The molecule has 0 saturated carbocycles. The Morgan fingerprint density at radius 3 is 1.64 bits per heavy atom. The van der Waals surface area contributed by atoms with Crippen molar-refractivity contribution >= 4 is 0 Å². The molecule has 0 aliphatic rings. The summed E-state index contributed by atoms with van der Waals surface area (Å²) >= 11 is 0. The van der Waals surface area contributed by atoms with E-state index in [2.05, 4.69) is 6.92 Å². The third-order valence-corrected chi connectivity index (χ3v) is 1.40. The molecule has 0 amide bonds. The smallest absolute Gasteiger partial charge is 0.115 e. The summed E-state index contributed by atoms with van der Waals surface area (Å²) in [6.45, 7) is 5.88. The number of benzene rings is 1. The zero-order chi connectivity index (χ0) is 10.8. The molecule has 1 aromatic rings. The Hall–Kier alpha value is -1.22. The summed E-state index contributed by atoms with van der Waals surface area (Å²) in [5, 5.41) is 17.3. The number of aromatic hydroxyl groups is 2. The Balaban J connectivity index is 0.000000255. The highest BCUT2D eigenvalue weighted by molar-refractivity contribution is 5.28. The lowest BCUT2D eigenvalue weighted by Gasteiger charge is -1.91. The fraction of sp³-hybridized carbons (Fsp3) is 0.455. The van der Waals surface area contributed by atoms with Crippen LogP contribution in [-0.2, 0) is 4.74 Å². The molecule has 0 radical (unpaired) electrons. The van der Waals surface area contributed by atoms with Gasteiger partial charge < -0.3 is 14.9 Å². The van der Waals surface area contributed by atoms with Gasteiger partial charge in [0.05, 0.1) is 0 Å². The minimum atomic E-state index is 0.169. The Morgan fingerprint density at radius 1 is 1.00 bits per heavy atom. The van der Waals surface area contributed by atoms with E-state index in [1.54, 1.807) is 0 Å². The molecule has 2 N–H and O–H groups in total. The van der Waals surface area contributed by atoms with Crippen LogP contribution in [0.1, 0.15) is 20.3 Å². The van der Waals surface area contributed by atoms with Crippen molar-refractivity contribution in [2.75, 3.05) is 13.2 Å². The fourth-order valence-electron chi connectivity index (χ4n) is 0.741. The highest BCUT2D eigenvalue weighted by Gasteiger charge is 1.84. The van der Waals surface area contributed by atoms with Crippen LogP contribution in [-0.4, -0.2) is 23.4 Å². The number of phenols is 2. The second-order valence-corrected chi connectivity index (χ2v) is 2.71. The van der Waals surface area contributed by atoms with Crippen molar-refractivity contribution in [3.8, 4) is 11.5 Å². The molecule has 3 heteroatoms. The molecule has 0 unspecified atom stereocenters. The molecule has 0 fully saturated rings. The maximum Gasteiger partial charge on any atom is 0.115 e. The van der Waals surface area contributed by atoms with Crippen LogP contribution in [0.5, 0.6) is 11.5 Å². The summed E-state index contributed by atoms with van der Waals surface area (Å²) in [6, 6.07) is 5.70. The lowest BCUT2D eigenvalue weighted by atomic mass is 10.3. The van der Waals surface area contributed by atoms with Gasteiger partial charge in [0.1, 0.15) is 11.5 Å². The third-order valence-electron chi connectivity index (χ3n) is 1.40. The second-order valence-electron chi connectivity index (χ2n) is 2.71. The van der Waals surface area contributed by atoms with Gasteiger partial charge in [-0.3, -0.25) is 0 Å². The van der Waals surface area contributed by atoms with Gasteiger partial charge in [-0.05, 0) is 37.6 Å². The molecule has 1 aromatic carbocycles. The molecule has 0 bridgehead atoms. The van der Waals surface area contributed by atoms with Gasteiger partial charge in [0.25, 0.3) is 0 Å². The van der Waals surface area contributed by atoms with E-state index in [4.69, 9.17) is 14.9 Å². The lowest BCUT2D eigenvalue weighted by Crippen LogP contribution is -1.88. The molecule has 14 heavy (non-hydrogen) atoms. The highest BCUT2D eigenvalue weighted by Crippen LogP contribution is 2.13. The maximum atomic E-state index is 8.65. The summed E-state index contributed by atoms with van der Waals surface area (Å²) in [6.07, 6.45) is 1.13. The minimum Gasteiger partial charge on any atom is -0.508 e. The summed E-state index contributed by atoms with van der Waals surface area (Å²) < 4.78 is 4.98. The zero-order valence-corrected chi connectivity index (χ0v) is 8.73. The number of phenolic OH excluding ortho intramolecular Hbond substituents is 2. The van der Waals surface area contributed by atoms with E-state index < -0.39 is 0 Å². The molecule has 0 saturated heterocycles. The average molecular weight is 198 g/mol. The molecule has 0 atom stereocenters. The molecule has 0 aromatic heterocycles. The quantitative estimate of drug-likeness (QED) is 0.579. The molecular weight excluding hydrogens is 180 g/mol. The number of hydrogen-bond acceptors (Lipinski definition) is 3. The maximum absolute atomic E-state index is 8.65. The molecule has 80 valence electrons. The molecule has 0 heterocycles. The van der Waals surface area contributed by atoms with E-state index in [-0.39, 0.29) is 11.5 Å². The number of rotatable bonds is 3. The summed E-state index contributed by atoms with van der Waals surface area (Å²) in [4.78, 5) is 0. The fourth-order valence-corrected chi connectivity index (χ4v) is 0.741. The van der Waals surface area contributed by atoms with Crippen LogP contribution in [0.4, 0.5) is 0 Å². The molecule has 0 aliphatic carbocycles. The van der Waals surface area contributed by atoms with E-state index in [1.165, 1.54) is 24.3 Å². The first-order chi connectivity index (χ1) is 6.70. The van der Waals surface area contributed by atoms with Crippen LogP contribution in [0.15, 0.2) is 24.3 Å². The van der Waals surface area contributed by atoms with Crippen LogP contribution in [0.25, 0.3) is 0 Å². The Kier molecular flexibility index (Phi) is 7.65. The van der Waals surface area contributed by atoms with E-state index in [9.17, 15) is 0 Å². The van der Waals surface area contributed by atoms with Crippen molar-refractivity contribution in [3.05, 3.63) is 24.3 Å². The lowest BCUT2D eigenvalue weighted by molar-refractivity contribution is 0.148. The zero-order valence-electron chi connectivity index (χ0n) is 8.73. The molecule has 1 rings (SSSR count). The van der Waals surface area contributed by atoms with Crippen LogP contribution < -0.4 is 0 Å². The summed E-state index contributed by atoms with van der Waals surface area (Å²) in [5.41, 5.74) is 0. The van der Waals surface area contributed by atoms with Crippen molar-refractivity contribution in [1.29, 1.82) is 0 Å². The number of hydrogen-bond donors (Lipinski definition) is 2. The largest absolute Gasteiger partial charge is 0.508 e. The topological polar surface area (TPSA) is 49.7 Å². The van der Waals surface area contributed by atoms with Crippen molar-refractivity contribution in [1.82, 2.24) is 0 Å². The Bertz CT molecular complexity index is 193. The van der Waals surface area contributed by atoms with E-state index in [1.807, 2.05) is 6.92 Å². The standard InChI is InChI=1S/C6H6O2.C5H12O/c7-5-1-2-6(8)4-3-5;1-3-5-6-4-2/h1-4,7-8H;3-5H2,1-2H3. The van der Waals surface area contributed by atoms with Crippen molar-refractivity contribution < 1.29 is 14.9 Å². The van der Waals surface area contributed by atoms with Gasteiger partial charge in [0, 0.05) is 13.2 Å². The number of ether oxygens (including phenoxy) is 1. The van der Waals surface area contributed by atoms with Gasteiger partial charge in [-0.15, -0.1) is 0 Å². The molecular formula is C11H18O3. The monoisotopic (exact) mass is 198 g/mol. The average Bonchev–Trinajstić information content (AvgIpc) is 2.20. The van der Waals surface area contributed by atoms with Gasteiger partial charge >= 0.3 is 0 Å². The van der Waals surface area contributed by atoms with Crippen molar-refractivity contribution in [2.45, 2.75) is 20.3 Å². The Morgan fingerprint density at radius 2 is 1.43 bits per heavy atom. The molecule has 0 aliphatic heterocycles. The first-order valence-electron chi connectivity index (χ1n) is 4.76. The van der Waals surface area contributed by atoms with E-state index in [0.717, 1.165) is 19.6 Å². The normalized spacial score (nSPS) is 9.00. The SMILES string of the molecule is CCCOCC.Oc1ccc(O)cc1. The first-order valence-corrected chi connectivity index (χ1v) is 4.76.